The van der Waals surface area contributed by atoms with Gasteiger partial charge in [-0.05, 0) is 24.1 Å². The molecule has 0 saturated heterocycles. The van der Waals surface area contributed by atoms with E-state index in [-0.39, 0.29) is 17.2 Å². The third-order valence-electron chi connectivity index (χ3n) is 2.58. The zero-order valence-electron chi connectivity index (χ0n) is 11.5. The quantitative estimate of drug-likeness (QED) is 0.628. The second-order valence-corrected chi connectivity index (χ2v) is 4.65. The number of esters is 1. The molecule has 6 nitrogen and oxygen atoms in total. The van der Waals surface area contributed by atoms with E-state index >= 15 is 0 Å². The zero-order chi connectivity index (χ0) is 15.3. The van der Waals surface area contributed by atoms with Crippen LogP contribution < -0.4 is 10.1 Å². The molecular formula is C14H17NO5. The summed E-state index contributed by atoms with van der Waals surface area (Å²) in [4.78, 5) is 33.9. The Kier molecular flexibility index (Phi) is 5.25. The van der Waals surface area contributed by atoms with Crippen LogP contribution >= 0.6 is 0 Å². The van der Waals surface area contributed by atoms with Gasteiger partial charge in [0, 0.05) is 12.5 Å². The highest BCUT2D eigenvalue weighted by molar-refractivity contribution is 5.97. The minimum Gasteiger partial charge on any atom is -0.480 e. The highest BCUT2D eigenvalue weighted by Crippen LogP contribution is 2.14. The molecule has 0 bridgehead atoms. The monoisotopic (exact) mass is 279 g/mol. The van der Waals surface area contributed by atoms with Gasteiger partial charge in [-0.2, -0.15) is 0 Å². The van der Waals surface area contributed by atoms with Crippen LogP contribution in [0.3, 0.4) is 0 Å². The fraction of sp³-hybridized carbons (Fsp3) is 0.357. The predicted molar refractivity (Wildman–Crippen MR) is 71.5 cm³/mol. The topological polar surface area (TPSA) is 92.7 Å². The smallest absolute Gasteiger partial charge is 0.326 e. The first kappa shape index (κ1) is 15.7. The van der Waals surface area contributed by atoms with Crippen molar-refractivity contribution in [2.24, 2.45) is 5.92 Å². The maximum Gasteiger partial charge on any atom is 0.326 e. The van der Waals surface area contributed by atoms with Gasteiger partial charge in [-0.3, -0.25) is 9.59 Å². The molecule has 1 atom stereocenters. The molecule has 1 rings (SSSR count). The second-order valence-electron chi connectivity index (χ2n) is 4.65. The van der Waals surface area contributed by atoms with Crippen LogP contribution in [0.2, 0.25) is 0 Å². The van der Waals surface area contributed by atoms with E-state index in [1.165, 1.54) is 25.1 Å². The number of carboxylic acid groups (broad SMARTS) is 1. The lowest BCUT2D eigenvalue weighted by molar-refractivity contribution is -0.140. The van der Waals surface area contributed by atoms with Gasteiger partial charge in [0.15, 0.2) is 0 Å². The molecular weight excluding hydrogens is 262 g/mol. The first-order chi connectivity index (χ1) is 9.31. The first-order valence-electron chi connectivity index (χ1n) is 6.13. The van der Waals surface area contributed by atoms with Crippen LogP contribution in [0.1, 0.15) is 31.1 Å². The molecule has 0 heterocycles. The highest BCUT2D eigenvalue weighted by atomic mass is 16.5. The number of ether oxygens (including phenoxy) is 1. The van der Waals surface area contributed by atoms with Crippen molar-refractivity contribution in [1.29, 1.82) is 0 Å². The Morgan fingerprint density at radius 2 is 1.90 bits per heavy atom. The first-order valence-corrected chi connectivity index (χ1v) is 6.13. The summed E-state index contributed by atoms with van der Waals surface area (Å²) < 4.78 is 4.87. The average molecular weight is 279 g/mol. The number of rotatable bonds is 5. The number of carboxylic acids is 1. The van der Waals surface area contributed by atoms with Crippen LogP contribution in [-0.4, -0.2) is 29.0 Å². The van der Waals surface area contributed by atoms with E-state index in [0.717, 1.165) is 0 Å². The summed E-state index contributed by atoms with van der Waals surface area (Å²) in [7, 11) is 0. The largest absolute Gasteiger partial charge is 0.480 e. The second kappa shape index (κ2) is 6.70. The van der Waals surface area contributed by atoms with Gasteiger partial charge in [-0.15, -0.1) is 0 Å². The van der Waals surface area contributed by atoms with Gasteiger partial charge in [0.05, 0.1) is 0 Å². The lowest BCUT2D eigenvalue weighted by Gasteiger charge is -2.18. The molecule has 0 aliphatic rings. The number of hydrogen-bond donors (Lipinski definition) is 2. The summed E-state index contributed by atoms with van der Waals surface area (Å²) in [5, 5.41) is 11.5. The fourth-order valence-corrected chi connectivity index (χ4v) is 1.60. The van der Waals surface area contributed by atoms with E-state index in [1.807, 2.05) is 0 Å². The van der Waals surface area contributed by atoms with Crippen molar-refractivity contribution in [3.8, 4) is 5.75 Å². The normalized spacial score (nSPS) is 11.8. The summed E-state index contributed by atoms with van der Waals surface area (Å²) >= 11 is 0. The van der Waals surface area contributed by atoms with Crippen LogP contribution in [0.15, 0.2) is 24.3 Å². The molecule has 1 amide bonds. The van der Waals surface area contributed by atoms with Crippen LogP contribution in [0.5, 0.6) is 5.75 Å². The molecule has 1 aromatic rings. The van der Waals surface area contributed by atoms with Crippen LogP contribution in [0.4, 0.5) is 0 Å². The number of nitrogens with one attached hydrogen (secondary N) is 1. The average Bonchev–Trinajstić information content (AvgIpc) is 2.34. The molecule has 108 valence electrons. The molecule has 0 radical (unpaired) electrons. The lowest BCUT2D eigenvalue weighted by atomic mass is 10.0. The summed E-state index contributed by atoms with van der Waals surface area (Å²) in [5.74, 6) is -2.12. The molecule has 0 aliphatic heterocycles. The van der Waals surface area contributed by atoms with Crippen LogP contribution in [0, 0.1) is 5.92 Å². The standard InChI is InChI=1S/C14H17NO5/c1-8(2)12(14(18)19)15-13(17)10-5-4-6-11(7-10)20-9(3)16/h4-8,12H,1-3H3,(H,15,17)(H,18,19)/t12-/m1/s1. The summed E-state index contributed by atoms with van der Waals surface area (Å²) in [6, 6.07) is 5.02. The Bertz CT molecular complexity index is 524. The van der Waals surface area contributed by atoms with Crippen molar-refractivity contribution in [1.82, 2.24) is 5.32 Å². The number of amides is 1. The third kappa shape index (κ3) is 4.38. The fourth-order valence-electron chi connectivity index (χ4n) is 1.60. The van der Waals surface area contributed by atoms with Crippen molar-refractivity contribution < 1.29 is 24.2 Å². The van der Waals surface area contributed by atoms with Gasteiger partial charge in [-0.1, -0.05) is 19.9 Å². The summed E-state index contributed by atoms with van der Waals surface area (Å²) in [5.41, 5.74) is 0.232. The Hall–Kier alpha value is -2.37. The molecule has 0 unspecified atom stereocenters. The van der Waals surface area contributed by atoms with Gasteiger partial charge in [0.2, 0.25) is 0 Å². The molecule has 6 heteroatoms. The number of carbonyl (C=O) groups is 3. The Morgan fingerprint density at radius 3 is 2.40 bits per heavy atom. The molecule has 0 saturated carbocycles. The van der Waals surface area contributed by atoms with Gasteiger partial charge >= 0.3 is 11.9 Å². The van der Waals surface area contributed by atoms with Gasteiger partial charge in [0.25, 0.3) is 5.91 Å². The Balaban J connectivity index is 2.86. The van der Waals surface area contributed by atoms with Crippen molar-refractivity contribution in [2.45, 2.75) is 26.8 Å². The predicted octanol–water partition coefficient (Wildman–Crippen LogP) is 1.45. The van der Waals surface area contributed by atoms with E-state index in [2.05, 4.69) is 5.32 Å². The molecule has 1 aromatic carbocycles. The van der Waals surface area contributed by atoms with E-state index in [1.54, 1.807) is 19.9 Å². The molecule has 20 heavy (non-hydrogen) atoms. The van der Waals surface area contributed by atoms with Crippen LogP contribution in [0.25, 0.3) is 0 Å². The van der Waals surface area contributed by atoms with Crippen molar-refractivity contribution in [2.75, 3.05) is 0 Å². The zero-order valence-corrected chi connectivity index (χ0v) is 11.5. The van der Waals surface area contributed by atoms with Gasteiger partial charge < -0.3 is 15.2 Å². The maximum absolute atomic E-state index is 12.0. The molecule has 0 aliphatic carbocycles. The Morgan fingerprint density at radius 1 is 1.25 bits per heavy atom. The van der Waals surface area contributed by atoms with E-state index < -0.39 is 23.9 Å². The number of benzene rings is 1. The number of aliphatic carboxylic acids is 1. The van der Waals surface area contributed by atoms with Crippen molar-refractivity contribution in [3.63, 3.8) is 0 Å². The Labute approximate surface area is 116 Å². The molecule has 0 fully saturated rings. The minimum atomic E-state index is -1.09. The van der Waals surface area contributed by atoms with E-state index in [0.29, 0.717) is 0 Å². The molecule has 2 N–H and O–H groups in total. The van der Waals surface area contributed by atoms with E-state index in [9.17, 15) is 14.4 Å². The number of carbonyl (C=O) groups excluding carboxylic acids is 2. The third-order valence-corrected chi connectivity index (χ3v) is 2.58. The maximum atomic E-state index is 12.0. The van der Waals surface area contributed by atoms with Crippen molar-refractivity contribution in [3.05, 3.63) is 29.8 Å². The molecule has 0 aromatic heterocycles. The summed E-state index contributed by atoms with van der Waals surface area (Å²) in [6.45, 7) is 4.66. The van der Waals surface area contributed by atoms with Crippen LogP contribution in [-0.2, 0) is 9.59 Å². The number of hydrogen-bond acceptors (Lipinski definition) is 4. The van der Waals surface area contributed by atoms with E-state index in [4.69, 9.17) is 9.84 Å². The summed E-state index contributed by atoms with van der Waals surface area (Å²) in [6.07, 6.45) is 0. The van der Waals surface area contributed by atoms with Gasteiger partial charge in [0.1, 0.15) is 11.8 Å². The molecule has 0 spiro atoms. The van der Waals surface area contributed by atoms with Gasteiger partial charge in [-0.25, -0.2) is 4.79 Å². The SMILES string of the molecule is CC(=O)Oc1cccc(C(=O)N[C@@H](C(=O)O)C(C)C)c1. The minimum absolute atomic E-state index is 0.232. The van der Waals surface area contributed by atoms with Crippen molar-refractivity contribution >= 4 is 17.8 Å². The highest BCUT2D eigenvalue weighted by Gasteiger charge is 2.24. The lowest BCUT2D eigenvalue weighted by Crippen LogP contribution is -2.44.